The van der Waals surface area contributed by atoms with Crippen LogP contribution in [-0.2, 0) is 16.9 Å². The first kappa shape index (κ1) is 16.2. The van der Waals surface area contributed by atoms with Crippen molar-refractivity contribution in [3.05, 3.63) is 114 Å². The fraction of sp³-hybridized carbons (Fsp3) is 0.0870. The lowest BCUT2D eigenvalue weighted by atomic mass is 9.94. The third kappa shape index (κ3) is 2.58. The molecule has 0 saturated heterocycles. The van der Waals surface area contributed by atoms with E-state index in [9.17, 15) is 4.79 Å². The summed E-state index contributed by atoms with van der Waals surface area (Å²) in [5, 5.41) is 0. The lowest BCUT2D eigenvalue weighted by molar-refractivity contribution is -0.131. The van der Waals surface area contributed by atoms with Crippen LogP contribution >= 0.6 is 0 Å². The van der Waals surface area contributed by atoms with E-state index in [-0.39, 0.29) is 0 Å². The molecule has 26 heavy (non-hydrogen) atoms. The van der Waals surface area contributed by atoms with Gasteiger partial charge < -0.3 is 9.47 Å². The van der Waals surface area contributed by atoms with Crippen molar-refractivity contribution in [1.29, 1.82) is 0 Å². The molecule has 1 aliphatic heterocycles. The number of benzene rings is 3. The Morgan fingerprint density at radius 3 is 2.00 bits per heavy atom. The second-order valence-corrected chi connectivity index (χ2v) is 6.12. The summed E-state index contributed by atoms with van der Waals surface area (Å²) in [6.45, 7) is 3.76. The van der Waals surface area contributed by atoms with Crippen LogP contribution in [0.15, 0.2) is 91.5 Å². The van der Waals surface area contributed by atoms with E-state index in [1.54, 1.807) is 6.08 Å². The molecule has 0 amide bonds. The molecule has 0 aliphatic carbocycles. The zero-order valence-electron chi connectivity index (χ0n) is 14.2. The van der Waals surface area contributed by atoms with E-state index in [0.29, 0.717) is 17.7 Å². The summed E-state index contributed by atoms with van der Waals surface area (Å²) in [7, 11) is 0. The zero-order valence-corrected chi connectivity index (χ0v) is 14.2. The van der Waals surface area contributed by atoms with Crippen molar-refractivity contribution in [3.63, 3.8) is 0 Å². The monoisotopic (exact) mass is 342 g/mol. The minimum atomic E-state index is -1.31. The number of hydrogen-bond acceptors (Lipinski definition) is 3. The van der Waals surface area contributed by atoms with E-state index in [1.807, 2.05) is 78.9 Å². The smallest absolute Gasteiger partial charge is 0.346 e. The van der Waals surface area contributed by atoms with Gasteiger partial charge in [0.2, 0.25) is 0 Å². The van der Waals surface area contributed by atoms with E-state index < -0.39 is 11.8 Å². The molecule has 0 atom stereocenters. The topological polar surface area (TPSA) is 35.5 Å². The number of esters is 1. The molecule has 3 heteroatoms. The van der Waals surface area contributed by atoms with Gasteiger partial charge in [0, 0.05) is 11.1 Å². The van der Waals surface area contributed by atoms with Crippen LogP contribution in [-0.4, -0.2) is 5.97 Å². The summed E-state index contributed by atoms with van der Waals surface area (Å²) in [5.74, 6) is -1.18. The molecule has 0 unspecified atom stereocenters. The van der Waals surface area contributed by atoms with Crippen molar-refractivity contribution in [2.24, 2.45) is 0 Å². The Balaban J connectivity index is 1.92. The summed E-state index contributed by atoms with van der Waals surface area (Å²) < 4.78 is 12.3. The van der Waals surface area contributed by atoms with Gasteiger partial charge in [-0.3, -0.25) is 0 Å². The largest absolute Gasteiger partial charge is 0.443 e. The average molecular weight is 342 g/mol. The Morgan fingerprint density at radius 1 is 0.808 bits per heavy atom. The molecule has 0 spiro atoms. The Bertz CT molecular complexity index is 906. The molecule has 0 aromatic heterocycles. The molecule has 0 radical (unpaired) electrons. The number of ether oxygens (including phenoxy) is 2. The lowest BCUT2D eigenvalue weighted by Gasteiger charge is -2.38. The van der Waals surface area contributed by atoms with Gasteiger partial charge in [-0.1, -0.05) is 78.9 Å². The fourth-order valence-corrected chi connectivity index (χ4v) is 3.29. The molecule has 3 nitrogen and oxygen atoms in total. The van der Waals surface area contributed by atoms with E-state index in [1.165, 1.54) is 0 Å². The second-order valence-electron chi connectivity index (χ2n) is 6.12. The van der Waals surface area contributed by atoms with Gasteiger partial charge >= 0.3 is 11.8 Å². The van der Waals surface area contributed by atoms with Crippen molar-refractivity contribution in [1.82, 2.24) is 0 Å². The van der Waals surface area contributed by atoms with Crippen LogP contribution in [0.4, 0.5) is 0 Å². The molecule has 4 rings (SSSR count). The summed E-state index contributed by atoms with van der Waals surface area (Å²) in [5.41, 5.74) is 2.84. The molecular weight excluding hydrogens is 324 g/mol. The van der Waals surface area contributed by atoms with E-state index in [2.05, 4.69) is 6.58 Å². The molecule has 1 aliphatic rings. The summed E-state index contributed by atoms with van der Waals surface area (Å²) >= 11 is 0. The van der Waals surface area contributed by atoms with Crippen molar-refractivity contribution in [2.75, 3.05) is 0 Å². The summed E-state index contributed by atoms with van der Waals surface area (Å²) in [6, 6.07) is 24.6. The quantitative estimate of drug-likeness (QED) is 0.501. The highest BCUT2D eigenvalue weighted by molar-refractivity contribution is 5.95. The third-order valence-corrected chi connectivity index (χ3v) is 4.48. The van der Waals surface area contributed by atoms with Crippen LogP contribution in [0.1, 0.15) is 27.0 Å². The van der Waals surface area contributed by atoms with Crippen LogP contribution in [0.3, 0.4) is 0 Å². The van der Waals surface area contributed by atoms with Gasteiger partial charge in [-0.2, -0.15) is 0 Å². The van der Waals surface area contributed by atoms with Crippen LogP contribution in [0.2, 0.25) is 0 Å². The number of carbonyl (C=O) groups excluding carboxylic acids is 1. The maximum absolute atomic E-state index is 13.0. The third-order valence-electron chi connectivity index (χ3n) is 4.48. The van der Waals surface area contributed by atoms with Crippen molar-refractivity contribution < 1.29 is 14.3 Å². The van der Waals surface area contributed by atoms with Crippen molar-refractivity contribution in [3.8, 4) is 5.75 Å². The standard InChI is InChI=1S/C23H18O3/c1-2-10-17-11-9-16-20-21(17)22(24)26-23(25-20,18-12-5-3-6-13-18)19-14-7-4-8-15-19/h2-9,11-16H,1,10H2. The molecule has 0 bridgehead atoms. The van der Waals surface area contributed by atoms with E-state index in [4.69, 9.17) is 9.47 Å². The number of carbonyl (C=O) groups is 1. The van der Waals surface area contributed by atoms with Crippen LogP contribution in [0.5, 0.6) is 5.75 Å². The predicted molar refractivity (Wildman–Crippen MR) is 100 cm³/mol. The predicted octanol–water partition coefficient (Wildman–Crippen LogP) is 4.87. The molecule has 128 valence electrons. The summed E-state index contributed by atoms with van der Waals surface area (Å²) in [4.78, 5) is 13.0. The first-order valence-corrected chi connectivity index (χ1v) is 8.51. The molecule has 1 heterocycles. The lowest BCUT2D eigenvalue weighted by Crippen LogP contribution is -2.43. The van der Waals surface area contributed by atoms with Crippen molar-refractivity contribution in [2.45, 2.75) is 12.2 Å². The van der Waals surface area contributed by atoms with Crippen LogP contribution in [0.25, 0.3) is 0 Å². The SMILES string of the molecule is C=CCc1cccc2c1C(=O)OC(c1ccccc1)(c1ccccc1)O2. The number of hydrogen-bond donors (Lipinski definition) is 0. The Morgan fingerprint density at radius 2 is 1.42 bits per heavy atom. The van der Waals surface area contributed by atoms with E-state index >= 15 is 0 Å². The molecule has 3 aromatic rings. The molecule has 0 saturated carbocycles. The first-order chi connectivity index (χ1) is 12.7. The molecule has 3 aromatic carbocycles. The van der Waals surface area contributed by atoms with Gasteiger partial charge in [0.15, 0.2) is 0 Å². The maximum Gasteiger partial charge on any atom is 0.346 e. The highest BCUT2D eigenvalue weighted by Crippen LogP contribution is 2.43. The molecule has 0 N–H and O–H groups in total. The van der Waals surface area contributed by atoms with Gasteiger partial charge in [0.1, 0.15) is 11.3 Å². The molecule has 0 fully saturated rings. The van der Waals surface area contributed by atoms with Crippen molar-refractivity contribution >= 4 is 5.97 Å². The Labute approximate surface area is 152 Å². The minimum Gasteiger partial charge on any atom is -0.443 e. The fourth-order valence-electron chi connectivity index (χ4n) is 3.29. The van der Waals surface area contributed by atoms with Gasteiger partial charge in [-0.05, 0) is 18.1 Å². The molecular formula is C23H18O3. The second kappa shape index (κ2) is 6.52. The summed E-state index contributed by atoms with van der Waals surface area (Å²) in [6.07, 6.45) is 2.34. The number of fused-ring (bicyclic) bond motifs is 1. The van der Waals surface area contributed by atoms with Crippen LogP contribution in [0, 0.1) is 0 Å². The zero-order chi connectivity index (χ0) is 18.0. The number of rotatable bonds is 4. The number of cyclic esters (lactones) is 1. The number of allylic oxidation sites excluding steroid dienone is 1. The van der Waals surface area contributed by atoms with Gasteiger partial charge in [-0.25, -0.2) is 4.79 Å². The Kier molecular flexibility index (Phi) is 4.05. The normalized spacial score (nSPS) is 14.7. The first-order valence-electron chi connectivity index (χ1n) is 8.51. The van der Waals surface area contributed by atoms with Gasteiger partial charge in [0.25, 0.3) is 0 Å². The van der Waals surface area contributed by atoms with Gasteiger partial charge in [-0.15, -0.1) is 6.58 Å². The average Bonchev–Trinajstić information content (AvgIpc) is 2.69. The van der Waals surface area contributed by atoms with E-state index in [0.717, 1.165) is 16.7 Å². The van der Waals surface area contributed by atoms with Crippen LogP contribution < -0.4 is 4.74 Å². The minimum absolute atomic E-state index is 0.392. The van der Waals surface area contributed by atoms with Gasteiger partial charge in [0.05, 0.1) is 0 Å². The highest BCUT2D eigenvalue weighted by atomic mass is 16.7. The Hall–Kier alpha value is -3.33. The maximum atomic E-state index is 13.0. The highest BCUT2D eigenvalue weighted by Gasteiger charge is 2.46.